The van der Waals surface area contributed by atoms with Crippen molar-refractivity contribution in [1.82, 2.24) is 0 Å². The average molecular weight is 399 g/mol. The molecule has 0 aliphatic carbocycles. The van der Waals surface area contributed by atoms with Crippen LogP contribution in [0.25, 0.3) is 0 Å². The minimum absolute atomic E-state index is 0.122. The van der Waals surface area contributed by atoms with E-state index in [-0.39, 0.29) is 32.5 Å². The number of rotatable bonds is 0. The molecule has 2 aliphatic rings. The highest BCUT2D eigenvalue weighted by Gasteiger charge is 2.29. The maximum absolute atomic E-state index is 12.8. The third-order valence-corrected chi connectivity index (χ3v) is 4.10. The van der Waals surface area contributed by atoms with Crippen LogP contribution in [0.1, 0.15) is 20.7 Å². The first-order valence-corrected chi connectivity index (χ1v) is 7.64. The van der Waals surface area contributed by atoms with Crippen molar-refractivity contribution in [3.63, 3.8) is 0 Å². The number of benzene rings is 2. The van der Waals surface area contributed by atoms with Crippen molar-refractivity contribution in [2.75, 3.05) is 10.6 Å². The zero-order valence-electron chi connectivity index (χ0n) is 12.5. The standard InChI is InChI=1S/2C8H3ClFNO2/c2*9-4-1-3-6(2-5(4)10)11-8(13)7(3)12/h2*1-2H,(H,11,12,13). The molecule has 0 radical (unpaired) electrons. The van der Waals surface area contributed by atoms with E-state index in [0.717, 1.165) is 24.3 Å². The Labute approximate surface area is 154 Å². The average Bonchev–Trinajstić information content (AvgIpc) is 3.00. The van der Waals surface area contributed by atoms with Crippen LogP contribution >= 0.6 is 23.2 Å². The Kier molecular flexibility index (Phi) is 4.47. The summed E-state index contributed by atoms with van der Waals surface area (Å²) in [5, 5.41) is 4.13. The van der Waals surface area contributed by atoms with Crippen molar-refractivity contribution in [1.29, 1.82) is 0 Å². The number of carbonyl (C=O) groups excluding carboxylic acids is 4. The fourth-order valence-electron chi connectivity index (χ4n) is 2.28. The summed E-state index contributed by atoms with van der Waals surface area (Å²) in [7, 11) is 0. The second-order valence-electron chi connectivity index (χ2n) is 5.19. The Bertz CT molecular complexity index is 942. The van der Waals surface area contributed by atoms with Gasteiger partial charge in [-0.15, -0.1) is 0 Å². The number of ketones is 2. The number of nitrogens with one attached hydrogen (secondary N) is 2. The fourth-order valence-corrected chi connectivity index (χ4v) is 2.61. The Hall–Kier alpha value is -2.84. The molecule has 2 aromatic carbocycles. The highest BCUT2D eigenvalue weighted by atomic mass is 35.5. The lowest BCUT2D eigenvalue weighted by Crippen LogP contribution is -2.12. The quantitative estimate of drug-likeness (QED) is 0.666. The molecule has 2 heterocycles. The van der Waals surface area contributed by atoms with Crippen molar-refractivity contribution in [2.45, 2.75) is 0 Å². The molecule has 0 spiro atoms. The summed E-state index contributed by atoms with van der Waals surface area (Å²) in [6.07, 6.45) is 0. The van der Waals surface area contributed by atoms with Crippen molar-refractivity contribution in [3.05, 3.63) is 57.1 Å². The van der Waals surface area contributed by atoms with Gasteiger partial charge in [0.2, 0.25) is 0 Å². The molecule has 26 heavy (non-hydrogen) atoms. The molecule has 132 valence electrons. The minimum Gasteiger partial charge on any atom is -0.318 e. The topological polar surface area (TPSA) is 92.3 Å². The molecule has 2 aromatic rings. The molecule has 2 amide bonds. The smallest absolute Gasteiger partial charge is 0.296 e. The Morgan fingerprint density at radius 3 is 1.35 bits per heavy atom. The van der Waals surface area contributed by atoms with E-state index >= 15 is 0 Å². The van der Waals surface area contributed by atoms with Crippen LogP contribution < -0.4 is 10.6 Å². The predicted octanol–water partition coefficient (Wildman–Crippen LogP) is 3.23. The van der Waals surface area contributed by atoms with E-state index in [4.69, 9.17) is 23.2 Å². The molecule has 2 aliphatic heterocycles. The number of amides is 2. The molecule has 6 nitrogen and oxygen atoms in total. The molecule has 0 aromatic heterocycles. The summed E-state index contributed by atoms with van der Waals surface area (Å²) in [6.45, 7) is 0. The van der Waals surface area contributed by atoms with E-state index in [9.17, 15) is 28.0 Å². The second-order valence-corrected chi connectivity index (χ2v) is 6.00. The highest BCUT2D eigenvalue weighted by molar-refractivity contribution is 6.52. The summed E-state index contributed by atoms with van der Waals surface area (Å²) in [5.41, 5.74) is 0.599. The number of Topliss-reactive ketones (excluding diaryl/α,β-unsaturated/α-hetero) is 2. The van der Waals surface area contributed by atoms with E-state index in [2.05, 4.69) is 10.6 Å². The van der Waals surface area contributed by atoms with Gasteiger partial charge in [0.15, 0.2) is 0 Å². The Morgan fingerprint density at radius 2 is 1.00 bits per heavy atom. The van der Waals surface area contributed by atoms with Crippen LogP contribution in [0.4, 0.5) is 20.2 Å². The minimum atomic E-state index is -0.753. The monoisotopic (exact) mass is 398 g/mol. The molecule has 0 unspecified atom stereocenters. The lowest BCUT2D eigenvalue weighted by Gasteiger charge is -1.97. The Balaban J connectivity index is 0.000000151. The second kappa shape index (κ2) is 6.47. The van der Waals surface area contributed by atoms with E-state index < -0.39 is 35.0 Å². The fraction of sp³-hybridized carbons (Fsp3) is 0. The van der Waals surface area contributed by atoms with Crippen molar-refractivity contribution in [3.8, 4) is 0 Å². The van der Waals surface area contributed by atoms with Crippen LogP contribution in [0, 0.1) is 11.6 Å². The van der Waals surface area contributed by atoms with Gasteiger partial charge in [-0.1, -0.05) is 23.2 Å². The summed E-state index contributed by atoms with van der Waals surface area (Å²) >= 11 is 10.9. The van der Waals surface area contributed by atoms with Gasteiger partial charge in [-0.2, -0.15) is 0 Å². The molecule has 0 saturated carbocycles. The van der Waals surface area contributed by atoms with E-state index in [0.29, 0.717) is 0 Å². The van der Waals surface area contributed by atoms with Gasteiger partial charge < -0.3 is 10.6 Å². The molecular weight excluding hydrogens is 393 g/mol. The van der Waals surface area contributed by atoms with Crippen LogP contribution in [0.3, 0.4) is 0 Å². The zero-order valence-corrected chi connectivity index (χ0v) is 14.0. The molecule has 0 atom stereocenters. The SMILES string of the molecule is O=C1Nc2cc(F)c(Cl)cc2C1=O.O=C1Nc2cc(F)c(Cl)cc2C1=O. The van der Waals surface area contributed by atoms with Gasteiger partial charge in [0, 0.05) is 0 Å². The van der Waals surface area contributed by atoms with E-state index in [1.807, 2.05) is 0 Å². The van der Waals surface area contributed by atoms with Gasteiger partial charge in [0.25, 0.3) is 23.4 Å². The van der Waals surface area contributed by atoms with Gasteiger partial charge in [-0.05, 0) is 24.3 Å². The van der Waals surface area contributed by atoms with Crippen molar-refractivity contribution >= 4 is 58.0 Å². The first kappa shape index (κ1) is 18.0. The van der Waals surface area contributed by atoms with Gasteiger partial charge in [-0.25, -0.2) is 8.78 Å². The van der Waals surface area contributed by atoms with Crippen LogP contribution in [0.2, 0.25) is 10.0 Å². The number of halogens is 4. The molecule has 0 fully saturated rings. The largest absolute Gasteiger partial charge is 0.318 e. The normalized spacial score (nSPS) is 14.3. The van der Waals surface area contributed by atoms with Gasteiger partial charge in [-0.3, -0.25) is 19.2 Å². The van der Waals surface area contributed by atoms with Crippen molar-refractivity contribution in [2.24, 2.45) is 0 Å². The third-order valence-electron chi connectivity index (χ3n) is 3.52. The first-order chi connectivity index (χ1) is 12.2. The number of fused-ring (bicyclic) bond motifs is 2. The van der Waals surface area contributed by atoms with E-state index in [1.54, 1.807) is 0 Å². The lowest BCUT2D eigenvalue weighted by molar-refractivity contribution is -0.112. The number of hydrogen-bond acceptors (Lipinski definition) is 4. The predicted molar refractivity (Wildman–Crippen MR) is 88.7 cm³/mol. The third kappa shape index (κ3) is 3.04. The number of anilines is 2. The molecule has 10 heteroatoms. The van der Waals surface area contributed by atoms with Gasteiger partial charge >= 0.3 is 0 Å². The van der Waals surface area contributed by atoms with Crippen LogP contribution in [0.5, 0.6) is 0 Å². The Morgan fingerprint density at radius 1 is 0.654 bits per heavy atom. The summed E-state index contributed by atoms with van der Waals surface area (Å²) in [6, 6.07) is 4.35. The zero-order chi connectivity index (χ0) is 19.2. The summed E-state index contributed by atoms with van der Waals surface area (Å²) in [4.78, 5) is 43.8. The molecule has 4 rings (SSSR count). The number of carbonyl (C=O) groups is 4. The molecule has 0 saturated heterocycles. The van der Waals surface area contributed by atoms with Crippen LogP contribution in [-0.2, 0) is 9.59 Å². The van der Waals surface area contributed by atoms with Crippen LogP contribution in [-0.4, -0.2) is 23.4 Å². The van der Waals surface area contributed by atoms with Gasteiger partial charge in [0.1, 0.15) is 11.6 Å². The highest BCUT2D eigenvalue weighted by Crippen LogP contribution is 2.29. The number of hydrogen-bond donors (Lipinski definition) is 2. The maximum Gasteiger partial charge on any atom is 0.296 e. The van der Waals surface area contributed by atoms with Crippen molar-refractivity contribution < 1.29 is 28.0 Å². The van der Waals surface area contributed by atoms with Gasteiger partial charge in [0.05, 0.1) is 32.5 Å². The molecular formula is C16H6Cl2F2N2O4. The van der Waals surface area contributed by atoms with E-state index in [1.165, 1.54) is 0 Å². The van der Waals surface area contributed by atoms with Crippen LogP contribution in [0.15, 0.2) is 24.3 Å². The molecule has 0 bridgehead atoms. The lowest BCUT2D eigenvalue weighted by atomic mass is 10.1. The molecule has 2 N–H and O–H groups in total. The maximum atomic E-state index is 12.8. The summed E-state index contributed by atoms with van der Waals surface area (Å²) in [5.74, 6) is -4.19. The summed E-state index contributed by atoms with van der Waals surface area (Å²) < 4.78 is 25.7. The first-order valence-electron chi connectivity index (χ1n) is 6.88.